The number of phenolic OH excluding ortho intramolecular Hbond substituents is 1. The molecule has 0 aliphatic heterocycles. The Balaban J connectivity index is 2.81. The van der Waals surface area contributed by atoms with E-state index < -0.39 is 6.10 Å². The molecule has 72 valence electrons. The summed E-state index contributed by atoms with van der Waals surface area (Å²) in [6.07, 6.45) is -0.169. The van der Waals surface area contributed by atoms with Crippen LogP contribution >= 0.6 is 0 Å². The number of aliphatic hydroxyl groups is 1. The predicted molar refractivity (Wildman–Crippen MR) is 51.6 cm³/mol. The molecule has 13 heavy (non-hydrogen) atoms. The standard InChI is InChI=1S/C10H15NO2/c1-7-2-3-10(13)8(4-7)5-9(12)6-11/h2-4,9,12-13H,5-6,11H2,1H3. The molecule has 4 N–H and O–H groups in total. The highest BCUT2D eigenvalue weighted by molar-refractivity contribution is 5.36. The van der Waals surface area contributed by atoms with E-state index in [-0.39, 0.29) is 12.3 Å². The highest BCUT2D eigenvalue weighted by Gasteiger charge is 2.06. The average molecular weight is 181 g/mol. The molecule has 0 saturated carbocycles. The van der Waals surface area contributed by atoms with Gasteiger partial charge in [0, 0.05) is 13.0 Å². The second-order valence-electron chi connectivity index (χ2n) is 3.23. The molecular formula is C10H15NO2. The third-order valence-corrected chi connectivity index (χ3v) is 1.96. The number of aryl methyl sites for hydroxylation is 1. The molecule has 0 radical (unpaired) electrons. The van der Waals surface area contributed by atoms with E-state index in [0.717, 1.165) is 11.1 Å². The number of nitrogens with two attached hydrogens (primary N) is 1. The smallest absolute Gasteiger partial charge is 0.118 e. The van der Waals surface area contributed by atoms with Gasteiger partial charge < -0.3 is 15.9 Å². The lowest BCUT2D eigenvalue weighted by molar-refractivity contribution is 0.182. The first-order valence-corrected chi connectivity index (χ1v) is 4.30. The molecule has 0 fully saturated rings. The molecule has 0 spiro atoms. The fourth-order valence-electron chi connectivity index (χ4n) is 1.21. The Kier molecular flexibility index (Phi) is 3.28. The van der Waals surface area contributed by atoms with Gasteiger partial charge in [-0.15, -0.1) is 0 Å². The topological polar surface area (TPSA) is 66.5 Å². The summed E-state index contributed by atoms with van der Waals surface area (Å²) in [6.45, 7) is 2.16. The van der Waals surface area contributed by atoms with Crippen LogP contribution in [0.3, 0.4) is 0 Å². The van der Waals surface area contributed by atoms with Crippen molar-refractivity contribution >= 4 is 0 Å². The van der Waals surface area contributed by atoms with Crippen LogP contribution in [0.1, 0.15) is 11.1 Å². The van der Waals surface area contributed by atoms with E-state index in [4.69, 9.17) is 5.73 Å². The summed E-state index contributed by atoms with van der Waals surface area (Å²) in [6, 6.07) is 5.32. The van der Waals surface area contributed by atoms with Crippen LogP contribution in [0.5, 0.6) is 5.75 Å². The monoisotopic (exact) mass is 181 g/mol. The summed E-state index contributed by atoms with van der Waals surface area (Å²) in [7, 11) is 0. The number of aromatic hydroxyl groups is 1. The third kappa shape index (κ3) is 2.72. The number of benzene rings is 1. The summed E-state index contributed by atoms with van der Waals surface area (Å²) in [5, 5.41) is 18.7. The van der Waals surface area contributed by atoms with Crippen LogP contribution in [0.15, 0.2) is 18.2 Å². The van der Waals surface area contributed by atoms with Crippen LogP contribution in [0, 0.1) is 6.92 Å². The Hall–Kier alpha value is -1.06. The van der Waals surface area contributed by atoms with E-state index in [0.29, 0.717) is 6.42 Å². The van der Waals surface area contributed by atoms with E-state index in [1.54, 1.807) is 6.07 Å². The Labute approximate surface area is 77.8 Å². The van der Waals surface area contributed by atoms with Crippen LogP contribution in [0.25, 0.3) is 0 Å². The molecule has 3 heteroatoms. The van der Waals surface area contributed by atoms with Crippen molar-refractivity contribution < 1.29 is 10.2 Å². The van der Waals surface area contributed by atoms with Crippen molar-refractivity contribution in [3.63, 3.8) is 0 Å². The first-order valence-electron chi connectivity index (χ1n) is 4.30. The summed E-state index contributed by atoms with van der Waals surface area (Å²) < 4.78 is 0. The van der Waals surface area contributed by atoms with Gasteiger partial charge in [0.2, 0.25) is 0 Å². The van der Waals surface area contributed by atoms with Crippen LogP contribution in [-0.2, 0) is 6.42 Å². The maximum Gasteiger partial charge on any atom is 0.118 e. The zero-order valence-electron chi connectivity index (χ0n) is 7.70. The van der Waals surface area contributed by atoms with Crippen molar-refractivity contribution in [2.24, 2.45) is 5.73 Å². The molecule has 0 amide bonds. The van der Waals surface area contributed by atoms with Gasteiger partial charge in [-0.25, -0.2) is 0 Å². The van der Waals surface area contributed by atoms with Gasteiger partial charge >= 0.3 is 0 Å². The Morgan fingerprint density at radius 3 is 2.77 bits per heavy atom. The summed E-state index contributed by atoms with van der Waals surface area (Å²) in [5.41, 5.74) is 7.09. The molecule has 0 heterocycles. The highest BCUT2D eigenvalue weighted by Crippen LogP contribution is 2.19. The molecule has 1 aromatic rings. The van der Waals surface area contributed by atoms with Gasteiger partial charge in [0.1, 0.15) is 5.75 Å². The van der Waals surface area contributed by atoms with E-state index in [2.05, 4.69) is 0 Å². The number of hydrogen-bond acceptors (Lipinski definition) is 3. The molecule has 0 bridgehead atoms. The van der Waals surface area contributed by atoms with Crippen molar-refractivity contribution in [3.8, 4) is 5.75 Å². The number of phenols is 1. The number of aliphatic hydroxyl groups excluding tert-OH is 1. The van der Waals surface area contributed by atoms with Crippen molar-refractivity contribution in [1.29, 1.82) is 0 Å². The normalized spacial score (nSPS) is 12.8. The average Bonchev–Trinajstić information content (AvgIpc) is 2.11. The predicted octanol–water partition coefficient (Wildman–Crippen LogP) is 0.563. The lowest BCUT2D eigenvalue weighted by Gasteiger charge is -2.09. The number of rotatable bonds is 3. The molecular weight excluding hydrogens is 166 g/mol. The Morgan fingerprint density at radius 2 is 2.15 bits per heavy atom. The lowest BCUT2D eigenvalue weighted by Crippen LogP contribution is -2.22. The minimum atomic E-state index is -0.576. The second kappa shape index (κ2) is 4.25. The molecule has 1 aromatic carbocycles. The summed E-state index contributed by atoms with van der Waals surface area (Å²) in [4.78, 5) is 0. The largest absolute Gasteiger partial charge is 0.508 e. The van der Waals surface area contributed by atoms with E-state index in [1.165, 1.54) is 0 Å². The van der Waals surface area contributed by atoms with Crippen molar-refractivity contribution in [2.75, 3.05) is 6.54 Å². The molecule has 0 saturated heterocycles. The van der Waals surface area contributed by atoms with Gasteiger partial charge in [0.05, 0.1) is 6.10 Å². The van der Waals surface area contributed by atoms with Gasteiger partial charge in [-0.3, -0.25) is 0 Å². The lowest BCUT2D eigenvalue weighted by atomic mass is 10.0. The van der Waals surface area contributed by atoms with Crippen molar-refractivity contribution in [3.05, 3.63) is 29.3 Å². The fraction of sp³-hybridized carbons (Fsp3) is 0.400. The molecule has 1 unspecified atom stereocenters. The van der Waals surface area contributed by atoms with Crippen LogP contribution in [0.4, 0.5) is 0 Å². The molecule has 3 nitrogen and oxygen atoms in total. The zero-order valence-corrected chi connectivity index (χ0v) is 7.70. The SMILES string of the molecule is Cc1ccc(O)c(CC(O)CN)c1. The van der Waals surface area contributed by atoms with Gasteiger partial charge in [0.15, 0.2) is 0 Å². The quantitative estimate of drug-likeness (QED) is 0.638. The third-order valence-electron chi connectivity index (χ3n) is 1.96. The summed E-state index contributed by atoms with van der Waals surface area (Å²) >= 11 is 0. The fourth-order valence-corrected chi connectivity index (χ4v) is 1.21. The second-order valence-corrected chi connectivity index (χ2v) is 3.23. The maximum atomic E-state index is 9.43. The van der Waals surface area contributed by atoms with Gasteiger partial charge in [-0.2, -0.15) is 0 Å². The molecule has 0 aliphatic carbocycles. The van der Waals surface area contributed by atoms with E-state index in [1.807, 2.05) is 19.1 Å². The van der Waals surface area contributed by atoms with Crippen molar-refractivity contribution in [1.82, 2.24) is 0 Å². The van der Waals surface area contributed by atoms with Crippen LogP contribution in [0.2, 0.25) is 0 Å². The van der Waals surface area contributed by atoms with Crippen LogP contribution in [-0.4, -0.2) is 22.9 Å². The van der Waals surface area contributed by atoms with E-state index >= 15 is 0 Å². The molecule has 1 rings (SSSR count). The minimum Gasteiger partial charge on any atom is -0.508 e. The maximum absolute atomic E-state index is 9.43. The Morgan fingerprint density at radius 1 is 1.46 bits per heavy atom. The molecule has 0 aliphatic rings. The first kappa shape index (κ1) is 10.0. The summed E-state index contributed by atoms with van der Waals surface area (Å²) in [5.74, 6) is 0.220. The molecule has 0 aromatic heterocycles. The van der Waals surface area contributed by atoms with Crippen molar-refractivity contribution in [2.45, 2.75) is 19.4 Å². The highest BCUT2D eigenvalue weighted by atomic mass is 16.3. The van der Waals surface area contributed by atoms with Gasteiger partial charge in [0.25, 0.3) is 0 Å². The first-order chi connectivity index (χ1) is 6.13. The molecule has 1 atom stereocenters. The minimum absolute atomic E-state index is 0.216. The number of hydrogen-bond donors (Lipinski definition) is 3. The van der Waals surface area contributed by atoms with Gasteiger partial charge in [-0.05, 0) is 18.6 Å². The van der Waals surface area contributed by atoms with E-state index in [9.17, 15) is 10.2 Å². The van der Waals surface area contributed by atoms with Crippen LogP contribution < -0.4 is 5.73 Å². The van der Waals surface area contributed by atoms with Gasteiger partial charge in [-0.1, -0.05) is 17.7 Å². The Bertz CT molecular complexity index is 286. The zero-order chi connectivity index (χ0) is 9.84.